The number of unbranched alkanes of at least 4 members (excludes halogenated alkanes) is 1. The van der Waals surface area contributed by atoms with Gasteiger partial charge in [-0.2, -0.15) is 0 Å². The second kappa shape index (κ2) is 7.20. The van der Waals surface area contributed by atoms with Crippen molar-refractivity contribution < 1.29 is 4.74 Å². The molecule has 0 aliphatic rings. The normalized spacial score (nSPS) is 10.4. The van der Waals surface area contributed by atoms with Crippen LogP contribution in [-0.4, -0.2) is 6.61 Å². The molecule has 19 heavy (non-hydrogen) atoms. The number of benzene rings is 2. The highest BCUT2D eigenvalue weighted by molar-refractivity contribution is 6.30. The maximum atomic E-state index is 5.96. The Morgan fingerprint density at radius 2 is 1.79 bits per heavy atom. The average molecular weight is 275 g/mol. The Balaban J connectivity index is 1.71. The molecule has 0 saturated heterocycles. The molecule has 0 unspecified atom stereocenters. The lowest BCUT2D eigenvalue weighted by molar-refractivity contribution is 0.305. The maximum absolute atomic E-state index is 5.96. The zero-order valence-corrected chi connectivity index (χ0v) is 12.0. The first-order valence-corrected chi connectivity index (χ1v) is 7.06. The third-order valence-corrected chi connectivity index (χ3v) is 3.35. The summed E-state index contributed by atoms with van der Waals surface area (Å²) in [5.74, 6) is 0.896. The van der Waals surface area contributed by atoms with Gasteiger partial charge in [0.2, 0.25) is 0 Å². The van der Waals surface area contributed by atoms with Gasteiger partial charge in [-0.1, -0.05) is 48.0 Å². The Bertz CT molecular complexity index is 508. The average Bonchev–Trinajstić information content (AvgIpc) is 2.43. The summed E-state index contributed by atoms with van der Waals surface area (Å²) in [6.45, 7) is 2.78. The molecule has 0 aliphatic heterocycles. The van der Waals surface area contributed by atoms with E-state index in [1.54, 1.807) is 0 Å². The van der Waals surface area contributed by atoms with Crippen LogP contribution in [0.4, 0.5) is 0 Å². The highest BCUT2D eigenvalue weighted by Crippen LogP contribution is 2.22. The Morgan fingerprint density at radius 1 is 1.00 bits per heavy atom. The van der Waals surface area contributed by atoms with Crippen molar-refractivity contribution in [1.29, 1.82) is 0 Å². The third-order valence-electron chi connectivity index (χ3n) is 3.11. The predicted molar refractivity (Wildman–Crippen MR) is 81.1 cm³/mol. The van der Waals surface area contributed by atoms with E-state index in [2.05, 4.69) is 30.3 Å². The molecule has 2 rings (SSSR count). The van der Waals surface area contributed by atoms with Crippen LogP contribution in [0.3, 0.4) is 0 Å². The van der Waals surface area contributed by atoms with E-state index in [9.17, 15) is 0 Å². The lowest BCUT2D eigenvalue weighted by atomic mass is 10.1. The van der Waals surface area contributed by atoms with Gasteiger partial charge in [-0.05, 0) is 49.4 Å². The number of hydrogen-bond donors (Lipinski definition) is 0. The molecule has 100 valence electrons. The van der Waals surface area contributed by atoms with Gasteiger partial charge in [-0.25, -0.2) is 0 Å². The van der Waals surface area contributed by atoms with E-state index in [1.165, 1.54) is 5.56 Å². The van der Waals surface area contributed by atoms with E-state index in [0.717, 1.165) is 42.2 Å². The van der Waals surface area contributed by atoms with E-state index in [4.69, 9.17) is 16.3 Å². The molecule has 2 heteroatoms. The first kappa shape index (κ1) is 14.0. The number of aryl methyl sites for hydroxylation is 2. The van der Waals surface area contributed by atoms with Crippen LogP contribution in [0.25, 0.3) is 0 Å². The van der Waals surface area contributed by atoms with E-state index in [-0.39, 0.29) is 0 Å². The largest absolute Gasteiger partial charge is 0.493 e. The molecular formula is C17H19ClO. The van der Waals surface area contributed by atoms with E-state index in [0.29, 0.717) is 0 Å². The predicted octanol–water partition coefficient (Wildman–Crippen LogP) is 5.05. The maximum Gasteiger partial charge on any atom is 0.123 e. The molecule has 0 bridgehead atoms. The Morgan fingerprint density at radius 3 is 2.58 bits per heavy atom. The third kappa shape index (κ3) is 4.60. The van der Waals surface area contributed by atoms with Crippen LogP contribution in [0.2, 0.25) is 5.02 Å². The standard InChI is InChI=1S/C17H19ClO/c1-14-10-11-16(18)13-17(14)19-12-6-5-9-15-7-3-2-4-8-15/h2-4,7-8,10-11,13H,5-6,9,12H2,1H3. The summed E-state index contributed by atoms with van der Waals surface area (Å²) < 4.78 is 5.77. The second-order valence-corrected chi connectivity index (χ2v) is 5.14. The molecule has 0 spiro atoms. The van der Waals surface area contributed by atoms with Gasteiger partial charge in [-0.15, -0.1) is 0 Å². The van der Waals surface area contributed by atoms with Crippen LogP contribution in [0.1, 0.15) is 24.0 Å². The van der Waals surface area contributed by atoms with Gasteiger partial charge in [0.15, 0.2) is 0 Å². The Kier molecular flexibility index (Phi) is 5.29. The lowest BCUT2D eigenvalue weighted by Gasteiger charge is -2.09. The fourth-order valence-electron chi connectivity index (χ4n) is 1.99. The summed E-state index contributed by atoms with van der Waals surface area (Å²) in [5.41, 5.74) is 2.52. The summed E-state index contributed by atoms with van der Waals surface area (Å²) in [6.07, 6.45) is 3.31. The zero-order valence-electron chi connectivity index (χ0n) is 11.2. The fourth-order valence-corrected chi connectivity index (χ4v) is 2.15. The SMILES string of the molecule is Cc1ccc(Cl)cc1OCCCCc1ccccc1. The fraction of sp³-hybridized carbons (Fsp3) is 0.294. The number of hydrogen-bond acceptors (Lipinski definition) is 1. The molecule has 2 aromatic carbocycles. The van der Waals surface area contributed by atoms with Crippen LogP contribution in [0.15, 0.2) is 48.5 Å². The van der Waals surface area contributed by atoms with Crippen LogP contribution >= 0.6 is 11.6 Å². The van der Waals surface area contributed by atoms with E-state index >= 15 is 0 Å². The van der Waals surface area contributed by atoms with Crippen molar-refractivity contribution >= 4 is 11.6 Å². The lowest BCUT2D eigenvalue weighted by Crippen LogP contribution is -1.99. The summed E-state index contributed by atoms with van der Waals surface area (Å²) in [4.78, 5) is 0. The van der Waals surface area contributed by atoms with Gasteiger partial charge in [0.05, 0.1) is 6.61 Å². The molecule has 0 radical (unpaired) electrons. The molecule has 1 nitrogen and oxygen atoms in total. The minimum atomic E-state index is 0.727. The first-order chi connectivity index (χ1) is 9.25. The van der Waals surface area contributed by atoms with E-state index < -0.39 is 0 Å². The van der Waals surface area contributed by atoms with Crippen molar-refractivity contribution in [2.45, 2.75) is 26.2 Å². The highest BCUT2D eigenvalue weighted by Gasteiger charge is 2.00. The molecule has 0 fully saturated rings. The van der Waals surface area contributed by atoms with Crippen molar-refractivity contribution in [2.24, 2.45) is 0 Å². The number of halogens is 1. The molecule has 0 saturated carbocycles. The Labute approximate surface area is 120 Å². The van der Waals surface area contributed by atoms with Crippen molar-refractivity contribution in [3.8, 4) is 5.75 Å². The molecule has 0 aromatic heterocycles. The molecule has 0 aliphatic carbocycles. The topological polar surface area (TPSA) is 9.23 Å². The smallest absolute Gasteiger partial charge is 0.123 e. The highest BCUT2D eigenvalue weighted by atomic mass is 35.5. The van der Waals surface area contributed by atoms with Crippen molar-refractivity contribution in [3.05, 3.63) is 64.7 Å². The first-order valence-electron chi connectivity index (χ1n) is 6.68. The minimum Gasteiger partial charge on any atom is -0.493 e. The monoisotopic (exact) mass is 274 g/mol. The molecular weight excluding hydrogens is 256 g/mol. The van der Waals surface area contributed by atoms with Crippen LogP contribution in [0, 0.1) is 6.92 Å². The number of rotatable bonds is 6. The van der Waals surface area contributed by atoms with Gasteiger partial charge in [0.25, 0.3) is 0 Å². The van der Waals surface area contributed by atoms with Crippen LogP contribution < -0.4 is 4.74 Å². The second-order valence-electron chi connectivity index (χ2n) is 4.70. The van der Waals surface area contributed by atoms with Gasteiger partial charge in [0, 0.05) is 5.02 Å². The van der Waals surface area contributed by atoms with Gasteiger partial charge in [-0.3, -0.25) is 0 Å². The molecule has 2 aromatic rings. The van der Waals surface area contributed by atoms with E-state index in [1.807, 2.05) is 25.1 Å². The summed E-state index contributed by atoms with van der Waals surface area (Å²) in [5, 5.41) is 0.727. The minimum absolute atomic E-state index is 0.727. The molecule has 0 N–H and O–H groups in total. The summed E-state index contributed by atoms with van der Waals surface area (Å²) >= 11 is 5.96. The van der Waals surface area contributed by atoms with Crippen LogP contribution in [0.5, 0.6) is 5.75 Å². The summed E-state index contributed by atoms with van der Waals surface area (Å²) in [7, 11) is 0. The van der Waals surface area contributed by atoms with Gasteiger partial charge < -0.3 is 4.74 Å². The van der Waals surface area contributed by atoms with Crippen molar-refractivity contribution in [3.63, 3.8) is 0 Å². The quantitative estimate of drug-likeness (QED) is 0.670. The zero-order chi connectivity index (χ0) is 13.5. The van der Waals surface area contributed by atoms with Crippen molar-refractivity contribution in [2.75, 3.05) is 6.61 Å². The molecule has 0 heterocycles. The Hall–Kier alpha value is -1.47. The van der Waals surface area contributed by atoms with Gasteiger partial charge >= 0.3 is 0 Å². The molecule has 0 amide bonds. The van der Waals surface area contributed by atoms with Crippen molar-refractivity contribution in [1.82, 2.24) is 0 Å². The van der Waals surface area contributed by atoms with Gasteiger partial charge in [0.1, 0.15) is 5.75 Å². The van der Waals surface area contributed by atoms with Crippen LogP contribution in [-0.2, 0) is 6.42 Å². The summed E-state index contributed by atoms with van der Waals surface area (Å²) in [6, 6.07) is 16.3. The number of ether oxygens (including phenoxy) is 1. The molecule has 0 atom stereocenters.